The van der Waals surface area contributed by atoms with E-state index in [1.165, 1.54) is 0 Å². The Labute approximate surface area is 85.2 Å². The Morgan fingerprint density at radius 3 is 2.31 bits per heavy atom. The molecule has 1 nitrogen and oxygen atoms in total. The fraction of sp³-hybridized carbons (Fsp3) is 0.250. The minimum Gasteiger partial charge on any atom is -0.477 e. The van der Waals surface area contributed by atoms with Gasteiger partial charge in [-0.15, -0.1) is 0 Å². The van der Waals surface area contributed by atoms with Crippen molar-refractivity contribution in [2.24, 2.45) is 0 Å². The van der Waals surface area contributed by atoms with E-state index >= 15 is 0 Å². The molecule has 5 heteroatoms. The predicted octanol–water partition coefficient (Wildman–Crippen LogP) is 3.34. The topological polar surface area (TPSA) is 9.23 Å². The third kappa shape index (κ3) is 3.44. The minimum absolute atomic E-state index is 0.457. The molecule has 1 unspecified atom stereocenters. The fourth-order valence-electron chi connectivity index (χ4n) is 0.722. The van der Waals surface area contributed by atoms with Crippen molar-refractivity contribution < 1.29 is 13.0 Å². The lowest BCUT2D eigenvalue weighted by Gasteiger charge is -2.16. The Kier molecular flexibility index (Phi) is 3.44. The van der Waals surface area contributed by atoms with E-state index in [2.05, 4.69) is 15.9 Å². The summed E-state index contributed by atoms with van der Waals surface area (Å²) in [4.78, 5) is 0. The molecule has 0 aliphatic heterocycles. The molecule has 1 rings (SSSR count). The number of alkyl halides is 1. The van der Waals surface area contributed by atoms with Gasteiger partial charge < -0.3 is 4.74 Å². The van der Waals surface area contributed by atoms with Crippen molar-refractivity contribution in [1.82, 2.24) is 0 Å². The maximum atomic E-state index is 12.8. The molecule has 0 amide bonds. The summed E-state index contributed by atoms with van der Waals surface area (Å²) in [6, 6.07) is 8.58. The van der Waals surface area contributed by atoms with Crippen LogP contribution >= 0.6 is 15.9 Å². The van der Waals surface area contributed by atoms with Crippen LogP contribution in [0.15, 0.2) is 30.3 Å². The molecule has 0 aliphatic carbocycles. The van der Waals surface area contributed by atoms with Gasteiger partial charge in [-0.05, 0) is 34.6 Å². The van der Waals surface area contributed by atoms with E-state index in [1.54, 1.807) is 30.3 Å². The molecule has 0 saturated carbocycles. The van der Waals surface area contributed by atoms with Gasteiger partial charge >= 0.3 is 8.74 Å². The molecule has 1 aromatic rings. The quantitative estimate of drug-likeness (QED) is 0.463. The van der Waals surface area contributed by atoms with E-state index in [9.17, 15) is 8.22 Å². The summed E-state index contributed by atoms with van der Waals surface area (Å²) in [6.45, 7) is 0.940. The summed E-state index contributed by atoms with van der Waals surface area (Å²) < 4.78 is 29.4. The molecule has 0 aliphatic rings. The van der Waals surface area contributed by atoms with E-state index in [-0.39, 0.29) is 0 Å². The second kappa shape index (κ2) is 4.19. The van der Waals surface area contributed by atoms with Gasteiger partial charge in [0.15, 0.2) is 0 Å². The maximum absolute atomic E-state index is 12.8. The lowest BCUT2D eigenvalue weighted by Crippen LogP contribution is -2.35. The molecule has 0 radical (unpaired) electrons. The number of hydrogen-bond acceptors (Lipinski definition) is 1. The molecule has 1 atom stereocenters. The molecular weight excluding hydrogens is 258 g/mol. The number of hydrogen-bond donors (Lipinski definition) is 0. The normalized spacial score (nSPS) is 13.8. The van der Waals surface area contributed by atoms with Crippen LogP contribution in [0.1, 0.15) is 0 Å². The molecule has 13 heavy (non-hydrogen) atoms. The lowest BCUT2D eigenvalue weighted by molar-refractivity contribution is 0.324. The van der Waals surface area contributed by atoms with Crippen LogP contribution in [0.2, 0.25) is 6.55 Å². The van der Waals surface area contributed by atoms with Gasteiger partial charge in [-0.1, -0.05) is 18.2 Å². The summed E-state index contributed by atoms with van der Waals surface area (Å²) in [7, 11) is -4.25. The van der Waals surface area contributed by atoms with Crippen LogP contribution in [0, 0.1) is 0 Å². The van der Waals surface area contributed by atoms with Gasteiger partial charge in [-0.2, -0.15) is 0 Å². The molecule has 0 bridgehead atoms. The standard InChI is InChI=1S/C8H9BrF2OSi/c1-13(10,11)8(9)12-7-5-3-2-4-6-7/h2-6,8H,1H3. The summed E-state index contributed by atoms with van der Waals surface area (Å²) in [5.74, 6) is 0.457. The highest BCUT2D eigenvalue weighted by atomic mass is 79.9. The van der Waals surface area contributed by atoms with E-state index in [0.29, 0.717) is 5.75 Å². The second-order valence-corrected chi connectivity index (χ2v) is 6.82. The highest BCUT2D eigenvalue weighted by Gasteiger charge is 2.39. The van der Waals surface area contributed by atoms with Gasteiger partial charge in [-0.3, -0.25) is 8.22 Å². The Morgan fingerprint density at radius 2 is 1.85 bits per heavy atom. The second-order valence-electron chi connectivity index (χ2n) is 2.70. The van der Waals surface area contributed by atoms with E-state index in [0.717, 1.165) is 6.55 Å². The van der Waals surface area contributed by atoms with Crippen LogP contribution in [-0.4, -0.2) is 13.4 Å². The van der Waals surface area contributed by atoms with Crippen molar-refractivity contribution in [2.45, 2.75) is 11.2 Å². The fourth-order valence-corrected chi connectivity index (χ4v) is 1.28. The summed E-state index contributed by atoms with van der Waals surface area (Å²) in [5, 5.41) is 0. The first-order chi connectivity index (χ1) is 6.00. The summed E-state index contributed by atoms with van der Waals surface area (Å²) in [5.41, 5.74) is 0. The van der Waals surface area contributed by atoms with Crippen LogP contribution < -0.4 is 4.74 Å². The van der Waals surface area contributed by atoms with Crippen molar-refractivity contribution in [1.29, 1.82) is 0 Å². The molecule has 0 fully saturated rings. The first kappa shape index (κ1) is 10.7. The molecule has 1 aromatic carbocycles. The number of ether oxygens (including phenoxy) is 1. The maximum Gasteiger partial charge on any atom is 0.471 e. The smallest absolute Gasteiger partial charge is 0.471 e. The zero-order valence-corrected chi connectivity index (χ0v) is 9.59. The third-order valence-corrected chi connectivity index (χ3v) is 4.89. The van der Waals surface area contributed by atoms with Gasteiger partial charge in [0, 0.05) is 0 Å². The van der Waals surface area contributed by atoms with Gasteiger partial charge in [-0.25, -0.2) is 0 Å². The van der Waals surface area contributed by atoms with E-state index in [4.69, 9.17) is 4.74 Å². The number of rotatable bonds is 3. The van der Waals surface area contributed by atoms with Crippen molar-refractivity contribution in [3.05, 3.63) is 30.3 Å². The molecular formula is C8H9BrF2OSi. The molecule has 0 saturated heterocycles. The van der Waals surface area contributed by atoms with Crippen molar-refractivity contribution in [2.75, 3.05) is 0 Å². The van der Waals surface area contributed by atoms with Crippen molar-refractivity contribution in [3.63, 3.8) is 0 Å². The molecule has 0 aromatic heterocycles. The number of benzene rings is 1. The zero-order valence-electron chi connectivity index (χ0n) is 7.01. The Morgan fingerprint density at radius 1 is 1.31 bits per heavy atom. The highest BCUT2D eigenvalue weighted by Crippen LogP contribution is 2.23. The van der Waals surface area contributed by atoms with Crippen molar-refractivity contribution >= 4 is 24.7 Å². The summed E-state index contributed by atoms with van der Waals surface area (Å²) in [6.07, 6.45) is 0. The Bertz CT molecular complexity index is 263. The van der Waals surface area contributed by atoms with Gasteiger partial charge in [0.1, 0.15) is 5.75 Å². The number of para-hydroxylation sites is 1. The highest BCUT2D eigenvalue weighted by molar-refractivity contribution is 9.10. The monoisotopic (exact) mass is 266 g/mol. The van der Waals surface area contributed by atoms with Crippen LogP contribution in [-0.2, 0) is 0 Å². The van der Waals surface area contributed by atoms with Crippen LogP contribution in [0.3, 0.4) is 0 Å². The van der Waals surface area contributed by atoms with Gasteiger partial charge in [0.2, 0.25) is 4.64 Å². The van der Waals surface area contributed by atoms with Crippen LogP contribution in [0.25, 0.3) is 0 Å². The largest absolute Gasteiger partial charge is 0.477 e. The molecule has 0 spiro atoms. The molecule has 0 heterocycles. The van der Waals surface area contributed by atoms with Gasteiger partial charge in [0.05, 0.1) is 0 Å². The first-order valence-corrected chi connectivity index (χ1v) is 6.98. The summed E-state index contributed by atoms with van der Waals surface area (Å²) >= 11 is 2.82. The minimum atomic E-state index is -4.25. The lowest BCUT2D eigenvalue weighted by atomic mass is 10.3. The third-order valence-electron chi connectivity index (χ3n) is 1.38. The average Bonchev–Trinajstić information content (AvgIpc) is 2.04. The zero-order chi connectivity index (χ0) is 9.90. The van der Waals surface area contributed by atoms with Crippen LogP contribution in [0.5, 0.6) is 5.75 Å². The molecule has 0 N–H and O–H groups in total. The first-order valence-electron chi connectivity index (χ1n) is 3.74. The van der Waals surface area contributed by atoms with Crippen LogP contribution in [0.4, 0.5) is 8.22 Å². The average molecular weight is 267 g/mol. The Balaban J connectivity index is 2.61. The SMILES string of the molecule is C[Si](F)(F)C(Br)Oc1ccccc1. The Hall–Kier alpha value is -0.423. The number of halogens is 3. The predicted molar refractivity (Wildman–Crippen MR) is 53.6 cm³/mol. The van der Waals surface area contributed by atoms with E-state index in [1.807, 2.05) is 0 Å². The van der Waals surface area contributed by atoms with Gasteiger partial charge in [0.25, 0.3) is 0 Å². The van der Waals surface area contributed by atoms with Crippen molar-refractivity contribution in [3.8, 4) is 5.75 Å². The van der Waals surface area contributed by atoms with E-state index < -0.39 is 13.4 Å². The molecule has 72 valence electrons.